The Labute approximate surface area is 68.0 Å². The number of rotatable bonds is 1. The van der Waals surface area contributed by atoms with Crippen LogP contribution in [0.3, 0.4) is 0 Å². The number of fused-ring (bicyclic) bond motifs is 1. The third-order valence-electron chi connectivity index (χ3n) is 1.44. The topological polar surface area (TPSA) is 78.3 Å². The minimum Gasteiger partial charge on any atom is -0.466 e. The molecular weight excluding hydrogens is 158 g/mol. The molecule has 2 aromatic heterocycles. The van der Waals surface area contributed by atoms with Crippen LogP contribution in [-0.4, -0.2) is 26.9 Å². The minimum atomic E-state index is 0.331. The third-order valence-corrected chi connectivity index (χ3v) is 1.44. The molecule has 0 amide bonds. The lowest BCUT2D eigenvalue weighted by Gasteiger charge is -1.95. The van der Waals surface area contributed by atoms with Crippen LogP contribution in [-0.2, 0) is 0 Å². The minimum absolute atomic E-state index is 0.331. The molecule has 2 heterocycles. The molecule has 2 N–H and O–H groups in total. The van der Waals surface area contributed by atoms with Crippen LogP contribution in [0.5, 0.6) is 6.01 Å². The van der Waals surface area contributed by atoms with E-state index in [1.54, 1.807) is 12.1 Å². The summed E-state index contributed by atoms with van der Waals surface area (Å²) in [7, 11) is 1.50. The van der Waals surface area contributed by atoms with E-state index >= 15 is 0 Å². The summed E-state index contributed by atoms with van der Waals surface area (Å²) < 4.78 is 6.33. The number of methoxy groups -OCH3 is 1. The fourth-order valence-corrected chi connectivity index (χ4v) is 0.911. The fraction of sp³-hybridized carbons (Fsp3) is 0.167. The van der Waals surface area contributed by atoms with Crippen LogP contribution >= 0.6 is 0 Å². The largest absolute Gasteiger partial charge is 0.466 e. The van der Waals surface area contributed by atoms with Crippen LogP contribution < -0.4 is 10.5 Å². The van der Waals surface area contributed by atoms with Crippen LogP contribution in [0.4, 0.5) is 5.82 Å². The molecule has 0 atom stereocenters. The number of nitrogens with two attached hydrogens (primary N) is 1. The highest BCUT2D eigenvalue weighted by atomic mass is 16.5. The van der Waals surface area contributed by atoms with Crippen LogP contribution in [0.25, 0.3) is 5.65 Å². The summed E-state index contributed by atoms with van der Waals surface area (Å²) in [5.41, 5.74) is 6.08. The summed E-state index contributed by atoms with van der Waals surface area (Å²) in [6, 6.07) is 3.71. The van der Waals surface area contributed by atoms with Gasteiger partial charge in [-0.1, -0.05) is 5.10 Å². The van der Waals surface area contributed by atoms with Crippen molar-refractivity contribution in [3.8, 4) is 6.01 Å². The number of nitrogen functional groups attached to an aromatic ring is 1. The van der Waals surface area contributed by atoms with Gasteiger partial charge in [0.25, 0.3) is 0 Å². The lowest BCUT2D eigenvalue weighted by Crippen LogP contribution is -1.99. The number of aromatic nitrogens is 4. The Morgan fingerprint density at radius 1 is 1.42 bits per heavy atom. The van der Waals surface area contributed by atoms with Gasteiger partial charge in [-0.3, -0.25) is 0 Å². The zero-order valence-corrected chi connectivity index (χ0v) is 6.43. The maximum atomic E-state index is 5.46. The smallest absolute Gasteiger partial charge is 0.338 e. The van der Waals surface area contributed by atoms with E-state index in [4.69, 9.17) is 10.5 Å². The first-order chi connectivity index (χ1) is 5.81. The molecule has 0 aliphatic heterocycles. The Kier molecular flexibility index (Phi) is 1.33. The summed E-state index contributed by atoms with van der Waals surface area (Å²) >= 11 is 0. The summed E-state index contributed by atoms with van der Waals surface area (Å²) in [5, 5.41) is 11.5. The predicted molar refractivity (Wildman–Crippen MR) is 41.7 cm³/mol. The molecule has 2 rings (SSSR count). The van der Waals surface area contributed by atoms with Gasteiger partial charge in [0.2, 0.25) is 0 Å². The van der Waals surface area contributed by atoms with E-state index in [0.29, 0.717) is 17.5 Å². The first kappa shape index (κ1) is 6.84. The van der Waals surface area contributed by atoms with E-state index in [1.165, 1.54) is 11.6 Å². The zero-order chi connectivity index (χ0) is 8.55. The molecule has 12 heavy (non-hydrogen) atoms. The first-order valence-electron chi connectivity index (χ1n) is 3.33. The average Bonchev–Trinajstić information content (AvgIpc) is 2.46. The van der Waals surface area contributed by atoms with Gasteiger partial charge in [0.15, 0.2) is 5.65 Å². The average molecular weight is 165 g/mol. The standard InChI is InChI=1S/C6H7N5O/c1-12-6-9-8-5-3-2-4(7)10-11(5)6/h2-3H,1H3,(H2,7,10). The van der Waals surface area contributed by atoms with Crippen molar-refractivity contribution in [1.82, 2.24) is 19.8 Å². The second-order valence-corrected chi connectivity index (χ2v) is 2.21. The van der Waals surface area contributed by atoms with Crippen LogP contribution in [0.2, 0.25) is 0 Å². The molecule has 0 aromatic carbocycles. The molecular formula is C6H7N5O. The monoisotopic (exact) mass is 165 g/mol. The number of nitrogens with zero attached hydrogens (tertiary/aromatic N) is 4. The molecule has 0 radical (unpaired) electrons. The molecule has 62 valence electrons. The predicted octanol–water partition coefficient (Wildman–Crippen LogP) is -0.285. The van der Waals surface area contributed by atoms with E-state index in [2.05, 4.69) is 15.3 Å². The number of hydrogen-bond donors (Lipinski definition) is 1. The maximum absolute atomic E-state index is 5.46. The highest BCUT2D eigenvalue weighted by Crippen LogP contribution is 2.08. The van der Waals surface area contributed by atoms with E-state index in [-0.39, 0.29) is 0 Å². The van der Waals surface area contributed by atoms with Crippen molar-refractivity contribution < 1.29 is 4.74 Å². The van der Waals surface area contributed by atoms with Gasteiger partial charge in [0.05, 0.1) is 7.11 Å². The molecule has 0 fully saturated rings. The summed E-state index contributed by atoms with van der Waals surface area (Å²) in [4.78, 5) is 0. The van der Waals surface area contributed by atoms with Crippen molar-refractivity contribution in [2.75, 3.05) is 12.8 Å². The Morgan fingerprint density at radius 3 is 3.00 bits per heavy atom. The van der Waals surface area contributed by atoms with Gasteiger partial charge >= 0.3 is 6.01 Å². The Hall–Kier alpha value is -1.85. The molecule has 0 unspecified atom stereocenters. The SMILES string of the molecule is COc1nnc2ccc(N)nn12. The molecule has 0 aliphatic rings. The highest BCUT2D eigenvalue weighted by Gasteiger charge is 2.04. The van der Waals surface area contributed by atoms with Crippen molar-refractivity contribution in [2.45, 2.75) is 0 Å². The van der Waals surface area contributed by atoms with Crippen LogP contribution in [0, 0.1) is 0 Å². The summed E-state index contributed by atoms with van der Waals surface area (Å²) in [6.45, 7) is 0. The van der Waals surface area contributed by atoms with E-state index in [0.717, 1.165) is 0 Å². The van der Waals surface area contributed by atoms with Gasteiger partial charge in [0, 0.05) is 0 Å². The van der Waals surface area contributed by atoms with Crippen LogP contribution in [0.15, 0.2) is 12.1 Å². The second-order valence-electron chi connectivity index (χ2n) is 2.21. The van der Waals surface area contributed by atoms with Crippen molar-refractivity contribution in [2.24, 2.45) is 0 Å². The quantitative estimate of drug-likeness (QED) is 0.628. The molecule has 0 bridgehead atoms. The van der Waals surface area contributed by atoms with Crippen molar-refractivity contribution in [3.63, 3.8) is 0 Å². The molecule has 2 aromatic rings. The highest BCUT2D eigenvalue weighted by molar-refractivity contribution is 5.42. The summed E-state index contributed by atoms with van der Waals surface area (Å²) in [5.74, 6) is 0.403. The molecule has 6 heteroatoms. The molecule has 0 aliphatic carbocycles. The van der Waals surface area contributed by atoms with Crippen molar-refractivity contribution >= 4 is 11.5 Å². The molecule has 0 saturated heterocycles. The van der Waals surface area contributed by atoms with E-state index in [9.17, 15) is 0 Å². The Morgan fingerprint density at radius 2 is 2.25 bits per heavy atom. The Bertz CT molecular complexity index is 409. The summed E-state index contributed by atoms with van der Waals surface area (Å²) in [6.07, 6.45) is 0. The van der Waals surface area contributed by atoms with Crippen molar-refractivity contribution in [3.05, 3.63) is 12.1 Å². The molecule has 0 spiro atoms. The Balaban J connectivity index is 2.75. The van der Waals surface area contributed by atoms with Crippen LogP contribution in [0.1, 0.15) is 0 Å². The van der Waals surface area contributed by atoms with Crippen molar-refractivity contribution in [1.29, 1.82) is 0 Å². The molecule has 0 saturated carbocycles. The third kappa shape index (κ3) is 0.849. The van der Waals surface area contributed by atoms with Gasteiger partial charge in [0.1, 0.15) is 5.82 Å². The van der Waals surface area contributed by atoms with Gasteiger partial charge in [-0.25, -0.2) is 0 Å². The maximum Gasteiger partial charge on any atom is 0.338 e. The second kappa shape index (κ2) is 2.33. The lowest BCUT2D eigenvalue weighted by atomic mass is 10.5. The lowest BCUT2D eigenvalue weighted by molar-refractivity contribution is 0.369. The number of anilines is 1. The fourth-order valence-electron chi connectivity index (χ4n) is 0.911. The van der Waals surface area contributed by atoms with Gasteiger partial charge in [-0.05, 0) is 12.1 Å². The molecule has 6 nitrogen and oxygen atoms in total. The zero-order valence-electron chi connectivity index (χ0n) is 6.43. The number of ether oxygens (including phenoxy) is 1. The number of hydrogen-bond acceptors (Lipinski definition) is 5. The van der Waals surface area contributed by atoms with Gasteiger partial charge in [-0.15, -0.1) is 10.2 Å². The normalized spacial score (nSPS) is 10.4. The van der Waals surface area contributed by atoms with E-state index in [1.807, 2.05) is 0 Å². The van der Waals surface area contributed by atoms with Gasteiger partial charge < -0.3 is 10.5 Å². The first-order valence-corrected chi connectivity index (χ1v) is 3.33. The van der Waals surface area contributed by atoms with E-state index < -0.39 is 0 Å². The van der Waals surface area contributed by atoms with Gasteiger partial charge in [-0.2, -0.15) is 4.52 Å².